The maximum atomic E-state index is 12.8. The number of halogens is 1. The first-order valence-corrected chi connectivity index (χ1v) is 4.27. The van der Waals surface area contributed by atoms with E-state index in [1.54, 1.807) is 24.3 Å². The molecule has 0 bridgehead atoms. The van der Waals surface area contributed by atoms with Gasteiger partial charge in [0, 0.05) is 12.1 Å². The van der Waals surface area contributed by atoms with Gasteiger partial charge in [0.05, 0.1) is 0 Å². The lowest BCUT2D eigenvalue weighted by atomic mass is 10.3. The number of nitrogens with zero attached hydrogens (tertiary/aromatic N) is 2. The Morgan fingerprint density at radius 2 is 2.00 bits per heavy atom. The Kier molecular flexibility index (Phi) is 2.45. The molecule has 1 heterocycles. The van der Waals surface area contributed by atoms with Crippen LogP contribution in [0.25, 0.3) is 0 Å². The number of benzene rings is 1. The minimum Gasteiger partial charge on any atom is -0.437 e. The summed E-state index contributed by atoms with van der Waals surface area (Å²) in [4.78, 5) is 0. The van der Waals surface area contributed by atoms with Crippen molar-refractivity contribution in [1.82, 2.24) is 10.2 Å². The largest absolute Gasteiger partial charge is 0.437 e. The van der Waals surface area contributed by atoms with Crippen molar-refractivity contribution in [2.24, 2.45) is 0 Å². The van der Waals surface area contributed by atoms with Gasteiger partial charge in [0.2, 0.25) is 5.88 Å². The van der Waals surface area contributed by atoms with Gasteiger partial charge in [-0.3, -0.25) is 0 Å². The van der Waals surface area contributed by atoms with Gasteiger partial charge in [0.1, 0.15) is 17.4 Å². The molecule has 4 nitrogen and oxygen atoms in total. The summed E-state index contributed by atoms with van der Waals surface area (Å²) in [5.74, 6) is 0.585. The van der Waals surface area contributed by atoms with Gasteiger partial charge >= 0.3 is 0 Å². The number of rotatable bonds is 2. The van der Waals surface area contributed by atoms with Crippen LogP contribution in [-0.2, 0) is 0 Å². The molecule has 0 saturated carbocycles. The zero-order valence-corrected chi connectivity index (χ0v) is 7.72. The maximum Gasteiger partial charge on any atom is 0.238 e. The van der Waals surface area contributed by atoms with Crippen molar-refractivity contribution in [2.75, 3.05) is 5.73 Å². The Morgan fingerprint density at radius 1 is 1.13 bits per heavy atom. The monoisotopic (exact) mass is 205 g/mol. The van der Waals surface area contributed by atoms with E-state index in [1.165, 1.54) is 12.1 Å². The van der Waals surface area contributed by atoms with Crippen molar-refractivity contribution in [3.8, 4) is 11.6 Å². The topological polar surface area (TPSA) is 61.0 Å². The van der Waals surface area contributed by atoms with E-state index in [-0.39, 0.29) is 11.7 Å². The summed E-state index contributed by atoms with van der Waals surface area (Å²) < 4.78 is 18.0. The number of hydrogen-bond donors (Lipinski definition) is 1. The molecule has 2 rings (SSSR count). The van der Waals surface area contributed by atoms with E-state index in [0.29, 0.717) is 11.6 Å². The number of aromatic nitrogens is 2. The van der Waals surface area contributed by atoms with Crippen LogP contribution in [0.3, 0.4) is 0 Å². The molecule has 0 radical (unpaired) electrons. The van der Waals surface area contributed by atoms with E-state index >= 15 is 0 Å². The van der Waals surface area contributed by atoms with E-state index in [9.17, 15) is 4.39 Å². The van der Waals surface area contributed by atoms with E-state index in [1.807, 2.05) is 0 Å². The fourth-order valence-electron chi connectivity index (χ4n) is 1.04. The van der Waals surface area contributed by atoms with Crippen LogP contribution >= 0.6 is 0 Å². The average molecular weight is 205 g/mol. The minimum atomic E-state index is -0.365. The summed E-state index contributed by atoms with van der Waals surface area (Å²) >= 11 is 0. The predicted octanol–water partition coefficient (Wildman–Crippen LogP) is 1.99. The fraction of sp³-hybridized carbons (Fsp3) is 0. The molecule has 0 atom stereocenters. The highest BCUT2D eigenvalue weighted by atomic mass is 19.1. The van der Waals surface area contributed by atoms with Crippen LogP contribution in [0.5, 0.6) is 11.6 Å². The van der Waals surface area contributed by atoms with Crippen LogP contribution in [0.1, 0.15) is 0 Å². The summed E-state index contributed by atoms with van der Waals surface area (Å²) in [6, 6.07) is 8.89. The number of nitrogens with two attached hydrogens (primary N) is 1. The summed E-state index contributed by atoms with van der Waals surface area (Å²) in [6.45, 7) is 0. The van der Waals surface area contributed by atoms with Gasteiger partial charge in [0.25, 0.3) is 0 Å². The van der Waals surface area contributed by atoms with E-state index in [0.717, 1.165) is 0 Å². The molecule has 1 aromatic heterocycles. The lowest BCUT2D eigenvalue weighted by molar-refractivity contribution is 0.451. The lowest BCUT2D eigenvalue weighted by Crippen LogP contribution is -1.94. The van der Waals surface area contributed by atoms with Gasteiger partial charge in [-0.2, -0.15) is 0 Å². The average Bonchev–Trinajstić information content (AvgIpc) is 2.22. The molecule has 1 aromatic carbocycles. The molecular formula is C10H8FN3O. The molecular weight excluding hydrogens is 197 g/mol. The Balaban J connectivity index is 2.18. The third-order valence-electron chi connectivity index (χ3n) is 1.68. The van der Waals surface area contributed by atoms with Gasteiger partial charge in [-0.15, -0.1) is 10.2 Å². The van der Waals surface area contributed by atoms with Crippen LogP contribution in [0.4, 0.5) is 10.2 Å². The van der Waals surface area contributed by atoms with Crippen LogP contribution in [0.2, 0.25) is 0 Å². The Hall–Kier alpha value is -2.17. The van der Waals surface area contributed by atoms with Crippen LogP contribution in [0, 0.1) is 5.82 Å². The summed E-state index contributed by atoms with van der Waals surface area (Å²) in [7, 11) is 0. The molecule has 5 heteroatoms. The van der Waals surface area contributed by atoms with Crippen molar-refractivity contribution in [1.29, 1.82) is 0 Å². The number of hydrogen-bond acceptors (Lipinski definition) is 4. The van der Waals surface area contributed by atoms with Gasteiger partial charge in [-0.25, -0.2) is 4.39 Å². The Bertz CT molecular complexity index is 458. The zero-order chi connectivity index (χ0) is 10.7. The molecule has 0 fully saturated rings. The molecule has 0 unspecified atom stereocenters. The smallest absolute Gasteiger partial charge is 0.238 e. The molecule has 0 amide bonds. The maximum absolute atomic E-state index is 12.8. The molecule has 0 saturated heterocycles. The normalized spacial score (nSPS) is 9.93. The Labute approximate surface area is 85.5 Å². The van der Waals surface area contributed by atoms with E-state index < -0.39 is 0 Å². The van der Waals surface area contributed by atoms with Gasteiger partial charge in [-0.1, -0.05) is 6.07 Å². The number of ether oxygens (including phenoxy) is 1. The first-order valence-electron chi connectivity index (χ1n) is 4.27. The molecule has 2 aromatic rings. The molecule has 15 heavy (non-hydrogen) atoms. The molecule has 0 spiro atoms. The molecule has 0 aliphatic rings. The second-order valence-electron chi connectivity index (χ2n) is 2.86. The third kappa shape index (κ3) is 2.40. The molecule has 0 aliphatic carbocycles. The van der Waals surface area contributed by atoms with E-state index in [4.69, 9.17) is 10.5 Å². The molecule has 2 N–H and O–H groups in total. The molecule has 0 aliphatic heterocycles. The van der Waals surface area contributed by atoms with Crippen LogP contribution < -0.4 is 10.5 Å². The van der Waals surface area contributed by atoms with Gasteiger partial charge < -0.3 is 10.5 Å². The highest BCUT2D eigenvalue weighted by Gasteiger charge is 2.00. The second-order valence-corrected chi connectivity index (χ2v) is 2.86. The van der Waals surface area contributed by atoms with Crippen LogP contribution in [-0.4, -0.2) is 10.2 Å². The number of anilines is 1. The fourth-order valence-corrected chi connectivity index (χ4v) is 1.04. The van der Waals surface area contributed by atoms with Crippen molar-refractivity contribution in [3.05, 3.63) is 42.2 Å². The summed E-state index contributed by atoms with van der Waals surface area (Å²) in [5, 5.41) is 7.29. The van der Waals surface area contributed by atoms with Crippen molar-refractivity contribution < 1.29 is 9.13 Å². The first-order chi connectivity index (χ1) is 7.24. The van der Waals surface area contributed by atoms with Gasteiger partial charge in [0.15, 0.2) is 0 Å². The Morgan fingerprint density at radius 3 is 2.67 bits per heavy atom. The van der Waals surface area contributed by atoms with Crippen LogP contribution in [0.15, 0.2) is 36.4 Å². The highest BCUT2D eigenvalue weighted by Crippen LogP contribution is 2.19. The second kappa shape index (κ2) is 3.91. The SMILES string of the molecule is Nc1ccc(Oc2cccc(F)c2)nn1. The highest BCUT2D eigenvalue weighted by molar-refractivity contribution is 5.31. The first kappa shape index (κ1) is 9.39. The van der Waals surface area contributed by atoms with Crippen molar-refractivity contribution >= 4 is 5.82 Å². The minimum absolute atomic E-state index is 0.273. The zero-order valence-electron chi connectivity index (χ0n) is 7.72. The standard InChI is InChI=1S/C10H8FN3O/c11-7-2-1-3-8(6-7)15-10-5-4-9(12)13-14-10/h1-6H,(H2,12,13). The summed E-state index contributed by atoms with van der Waals surface area (Å²) in [6.07, 6.45) is 0. The third-order valence-corrected chi connectivity index (χ3v) is 1.68. The quantitative estimate of drug-likeness (QED) is 0.814. The summed E-state index contributed by atoms with van der Waals surface area (Å²) in [5.41, 5.74) is 5.36. The van der Waals surface area contributed by atoms with E-state index in [2.05, 4.69) is 10.2 Å². The number of nitrogen functional groups attached to an aromatic ring is 1. The molecule has 76 valence electrons. The predicted molar refractivity (Wildman–Crippen MR) is 52.9 cm³/mol. The van der Waals surface area contributed by atoms with Crippen molar-refractivity contribution in [2.45, 2.75) is 0 Å². The van der Waals surface area contributed by atoms with Crippen molar-refractivity contribution in [3.63, 3.8) is 0 Å². The lowest BCUT2D eigenvalue weighted by Gasteiger charge is -2.03. The van der Waals surface area contributed by atoms with Gasteiger partial charge in [-0.05, 0) is 18.2 Å².